The zero-order valence-electron chi connectivity index (χ0n) is 26.9. The maximum Gasteiger partial charge on any atom is 0.223 e. The van der Waals surface area contributed by atoms with Crippen molar-refractivity contribution in [1.82, 2.24) is 25.1 Å². The molecule has 7 heteroatoms. The largest absolute Gasteiger partial charge is 0.334 e. The lowest BCUT2D eigenvalue weighted by Crippen LogP contribution is -2.42. The van der Waals surface area contributed by atoms with Gasteiger partial charge in [-0.1, -0.05) is 146 Å². The van der Waals surface area contributed by atoms with E-state index in [2.05, 4.69) is 120 Å². The molecule has 6 rings (SSSR count). The van der Waals surface area contributed by atoms with Gasteiger partial charge in [-0.15, -0.1) is 5.10 Å². The summed E-state index contributed by atoms with van der Waals surface area (Å²) in [7, 11) is 0. The molecule has 0 aliphatic rings. The molecule has 0 bridgehead atoms. The number of rotatable bonds is 12. The molecule has 2 N–H and O–H groups in total. The fourth-order valence-electron chi connectivity index (χ4n) is 6.38. The first-order chi connectivity index (χ1) is 23.1. The van der Waals surface area contributed by atoms with Crippen LogP contribution in [0.4, 0.5) is 0 Å². The standard InChI is InChI=1S/C40H40N6O/c1-3-15-38(47)45(30(2)28-41)29-31-24-26-32(27-25-31)36-22-13-14-23-37(36)39-42-43-44-46(39)40(33-16-7-4-8-17-33,34-18-9-5-10-19-34)35-20-11-6-12-21-35/h4-14,16-27,30H,3,15,28-29,41H2,1-2H3. The van der Waals surface area contributed by atoms with Gasteiger partial charge < -0.3 is 10.6 Å². The SMILES string of the molecule is CCCC(=O)N(Cc1ccc(-c2ccccc2-c2nnnn2C(c2ccccc2)(c2ccccc2)c2ccccc2)cc1)C(C)CN. The lowest BCUT2D eigenvalue weighted by molar-refractivity contribution is -0.133. The van der Waals surface area contributed by atoms with E-state index in [4.69, 9.17) is 10.9 Å². The number of nitrogens with two attached hydrogens (primary N) is 1. The van der Waals surface area contributed by atoms with Gasteiger partial charge in [0.15, 0.2) is 5.82 Å². The van der Waals surface area contributed by atoms with Crippen molar-refractivity contribution in [3.05, 3.63) is 162 Å². The Morgan fingerprint density at radius 3 is 1.77 bits per heavy atom. The van der Waals surface area contributed by atoms with Crippen LogP contribution >= 0.6 is 0 Å². The average Bonchev–Trinajstić information content (AvgIpc) is 3.62. The van der Waals surface area contributed by atoms with Gasteiger partial charge in [-0.2, -0.15) is 0 Å². The monoisotopic (exact) mass is 620 g/mol. The summed E-state index contributed by atoms with van der Waals surface area (Å²) >= 11 is 0. The molecule has 0 fully saturated rings. The predicted octanol–water partition coefficient (Wildman–Crippen LogP) is 7.32. The third-order valence-electron chi connectivity index (χ3n) is 8.81. The minimum Gasteiger partial charge on any atom is -0.334 e. The van der Waals surface area contributed by atoms with E-state index >= 15 is 0 Å². The first-order valence-electron chi connectivity index (χ1n) is 16.2. The molecule has 47 heavy (non-hydrogen) atoms. The van der Waals surface area contributed by atoms with Crippen LogP contribution in [0.2, 0.25) is 0 Å². The zero-order valence-corrected chi connectivity index (χ0v) is 26.9. The molecule has 1 amide bonds. The number of hydrogen-bond acceptors (Lipinski definition) is 5. The Labute approximate surface area is 276 Å². The van der Waals surface area contributed by atoms with Gasteiger partial charge in [0, 0.05) is 31.1 Å². The summed E-state index contributed by atoms with van der Waals surface area (Å²) in [6.07, 6.45) is 1.32. The summed E-state index contributed by atoms with van der Waals surface area (Å²) in [5.74, 6) is 0.778. The maximum atomic E-state index is 12.9. The number of tetrazole rings is 1. The zero-order chi connectivity index (χ0) is 32.6. The third-order valence-corrected chi connectivity index (χ3v) is 8.81. The number of amides is 1. The van der Waals surface area contributed by atoms with Crippen molar-refractivity contribution in [3.8, 4) is 22.5 Å². The van der Waals surface area contributed by atoms with Crippen molar-refractivity contribution in [2.45, 2.75) is 44.8 Å². The molecule has 1 heterocycles. The molecule has 6 aromatic rings. The molecule has 0 saturated heterocycles. The van der Waals surface area contributed by atoms with Gasteiger partial charge in [0.1, 0.15) is 5.54 Å². The third kappa shape index (κ3) is 6.22. The topological polar surface area (TPSA) is 89.9 Å². The summed E-state index contributed by atoms with van der Waals surface area (Å²) < 4.78 is 1.96. The maximum absolute atomic E-state index is 12.9. The Bertz CT molecular complexity index is 1790. The van der Waals surface area contributed by atoms with E-state index in [1.165, 1.54) is 0 Å². The van der Waals surface area contributed by atoms with Gasteiger partial charge in [-0.05, 0) is 57.2 Å². The van der Waals surface area contributed by atoms with Gasteiger partial charge in [-0.3, -0.25) is 4.79 Å². The lowest BCUT2D eigenvalue weighted by atomic mass is 9.77. The Morgan fingerprint density at radius 1 is 0.745 bits per heavy atom. The summed E-state index contributed by atoms with van der Waals surface area (Å²) in [6, 6.07) is 47.8. The van der Waals surface area contributed by atoms with Gasteiger partial charge in [0.25, 0.3) is 0 Å². The van der Waals surface area contributed by atoms with E-state index in [-0.39, 0.29) is 11.9 Å². The Kier molecular flexibility index (Phi) is 9.64. The van der Waals surface area contributed by atoms with Crippen molar-refractivity contribution in [1.29, 1.82) is 0 Å². The van der Waals surface area contributed by atoms with Gasteiger partial charge >= 0.3 is 0 Å². The highest BCUT2D eigenvalue weighted by atomic mass is 16.2. The highest BCUT2D eigenvalue weighted by molar-refractivity contribution is 5.81. The van der Waals surface area contributed by atoms with Gasteiger partial charge in [0.05, 0.1) is 0 Å². The average molecular weight is 621 g/mol. The van der Waals surface area contributed by atoms with Gasteiger partial charge in [0.2, 0.25) is 5.91 Å². The normalized spacial score (nSPS) is 12.1. The number of carbonyl (C=O) groups is 1. The molecule has 7 nitrogen and oxygen atoms in total. The van der Waals surface area contributed by atoms with E-state index in [9.17, 15) is 4.79 Å². The number of carbonyl (C=O) groups excluding carboxylic acids is 1. The van der Waals surface area contributed by atoms with Crippen LogP contribution in [-0.2, 0) is 16.9 Å². The molecular formula is C40H40N6O. The van der Waals surface area contributed by atoms with Crippen molar-refractivity contribution in [2.24, 2.45) is 5.73 Å². The second kappa shape index (κ2) is 14.4. The molecule has 0 aliphatic carbocycles. The van der Waals surface area contributed by atoms with E-state index in [0.29, 0.717) is 25.3 Å². The highest BCUT2D eigenvalue weighted by Gasteiger charge is 2.42. The van der Waals surface area contributed by atoms with Crippen LogP contribution < -0.4 is 5.73 Å². The summed E-state index contributed by atoms with van der Waals surface area (Å²) in [5.41, 5.74) is 12.2. The van der Waals surface area contributed by atoms with E-state index in [1.54, 1.807) is 0 Å². The Balaban J connectivity index is 1.47. The Morgan fingerprint density at radius 2 is 1.26 bits per heavy atom. The van der Waals surface area contributed by atoms with Crippen molar-refractivity contribution in [2.75, 3.05) is 6.54 Å². The smallest absolute Gasteiger partial charge is 0.223 e. The fourth-order valence-corrected chi connectivity index (χ4v) is 6.38. The minimum atomic E-state index is -0.853. The van der Waals surface area contributed by atoms with E-state index < -0.39 is 5.54 Å². The number of benzene rings is 5. The summed E-state index contributed by atoms with van der Waals surface area (Å²) in [5, 5.41) is 13.7. The molecule has 1 atom stereocenters. The summed E-state index contributed by atoms with van der Waals surface area (Å²) in [4.78, 5) is 14.8. The first-order valence-corrected chi connectivity index (χ1v) is 16.2. The number of nitrogens with zero attached hydrogens (tertiary/aromatic N) is 5. The van der Waals surface area contributed by atoms with E-state index in [1.807, 2.05) is 53.8 Å². The molecule has 5 aromatic carbocycles. The minimum absolute atomic E-state index is 0.0348. The lowest BCUT2D eigenvalue weighted by Gasteiger charge is -2.36. The first kappa shape index (κ1) is 31.6. The quantitative estimate of drug-likeness (QED) is 0.145. The number of hydrogen-bond donors (Lipinski definition) is 1. The highest BCUT2D eigenvalue weighted by Crippen LogP contribution is 2.43. The molecule has 0 aliphatic heterocycles. The second-order valence-electron chi connectivity index (χ2n) is 11.8. The molecule has 1 unspecified atom stereocenters. The van der Waals surface area contributed by atoms with Crippen LogP contribution in [0.3, 0.4) is 0 Å². The van der Waals surface area contributed by atoms with Crippen LogP contribution in [-0.4, -0.2) is 43.6 Å². The molecule has 236 valence electrons. The Hall–Kier alpha value is -5.40. The van der Waals surface area contributed by atoms with Crippen LogP contribution in [0, 0.1) is 0 Å². The van der Waals surface area contributed by atoms with Crippen LogP contribution in [0.5, 0.6) is 0 Å². The van der Waals surface area contributed by atoms with Gasteiger partial charge in [-0.25, -0.2) is 4.68 Å². The molecule has 0 saturated carbocycles. The molecular weight excluding hydrogens is 580 g/mol. The van der Waals surface area contributed by atoms with Crippen molar-refractivity contribution >= 4 is 5.91 Å². The molecule has 0 spiro atoms. The van der Waals surface area contributed by atoms with Crippen molar-refractivity contribution in [3.63, 3.8) is 0 Å². The molecule has 1 aromatic heterocycles. The summed E-state index contributed by atoms with van der Waals surface area (Å²) in [6.45, 7) is 4.97. The second-order valence-corrected chi connectivity index (χ2v) is 11.8. The van der Waals surface area contributed by atoms with Crippen molar-refractivity contribution < 1.29 is 4.79 Å². The van der Waals surface area contributed by atoms with E-state index in [0.717, 1.165) is 45.4 Å². The molecule has 0 radical (unpaired) electrons. The van der Waals surface area contributed by atoms with Crippen LogP contribution in [0.1, 0.15) is 48.9 Å². The predicted molar refractivity (Wildman–Crippen MR) is 187 cm³/mol. The number of aromatic nitrogens is 4. The fraction of sp³-hybridized carbons (Fsp3) is 0.200. The van der Waals surface area contributed by atoms with Crippen LogP contribution in [0.25, 0.3) is 22.5 Å². The van der Waals surface area contributed by atoms with Crippen LogP contribution in [0.15, 0.2) is 140 Å².